The van der Waals surface area contributed by atoms with E-state index in [2.05, 4.69) is 53.4 Å². The molecule has 1 saturated heterocycles. The zero-order chi connectivity index (χ0) is 24.8. The first-order chi connectivity index (χ1) is 16.9. The summed E-state index contributed by atoms with van der Waals surface area (Å²) < 4.78 is 26.5. The molecule has 0 unspecified atom stereocenters. The molecule has 0 aromatic heterocycles. The number of carbonyl (C=O) groups excluding carboxylic acids is 1. The molecule has 35 heavy (non-hydrogen) atoms. The van der Waals surface area contributed by atoms with Gasteiger partial charge in [-0.3, -0.25) is 14.0 Å². The van der Waals surface area contributed by atoms with Gasteiger partial charge in [0.15, 0.2) is 0 Å². The van der Waals surface area contributed by atoms with E-state index in [0.717, 1.165) is 11.8 Å². The molecular formula is C28H33N3O3S. The normalized spacial score (nSPS) is 14.8. The second-order valence-corrected chi connectivity index (χ2v) is 10.8. The van der Waals surface area contributed by atoms with Crippen LogP contribution < -0.4 is 4.31 Å². The molecule has 0 atom stereocenters. The van der Waals surface area contributed by atoms with Crippen molar-refractivity contribution >= 4 is 21.6 Å². The second-order valence-electron chi connectivity index (χ2n) is 8.89. The molecule has 7 heteroatoms. The molecule has 1 fully saturated rings. The predicted molar refractivity (Wildman–Crippen MR) is 141 cm³/mol. The second kappa shape index (κ2) is 11.1. The Morgan fingerprint density at radius 2 is 1.34 bits per heavy atom. The van der Waals surface area contributed by atoms with Crippen LogP contribution in [0.2, 0.25) is 0 Å². The Kier molecular flexibility index (Phi) is 7.88. The maximum Gasteiger partial charge on any atom is 0.243 e. The fourth-order valence-corrected chi connectivity index (χ4v) is 5.65. The molecule has 3 aromatic carbocycles. The van der Waals surface area contributed by atoms with Gasteiger partial charge in [-0.15, -0.1) is 0 Å². The van der Waals surface area contributed by atoms with Crippen molar-refractivity contribution in [3.63, 3.8) is 0 Å². The number of hydrogen-bond donors (Lipinski definition) is 0. The van der Waals surface area contributed by atoms with E-state index in [-0.39, 0.29) is 18.5 Å². The summed E-state index contributed by atoms with van der Waals surface area (Å²) in [5, 5.41) is 0. The Morgan fingerprint density at radius 3 is 1.86 bits per heavy atom. The topological polar surface area (TPSA) is 60.9 Å². The van der Waals surface area contributed by atoms with Crippen LogP contribution in [0.15, 0.2) is 84.9 Å². The van der Waals surface area contributed by atoms with E-state index in [0.29, 0.717) is 38.3 Å². The van der Waals surface area contributed by atoms with Crippen molar-refractivity contribution < 1.29 is 13.2 Å². The maximum atomic E-state index is 13.2. The molecule has 0 saturated carbocycles. The average molecular weight is 492 g/mol. The van der Waals surface area contributed by atoms with Gasteiger partial charge in [-0.2, -0.15) is 0 Å². The van der Waals surface area contributed by atoms with Crippen LogP contribution in [-0.2, 0) is 21.2 Å². The number of para-hydroxylation sites is 1. The summed E-state index contributed by atoms with van der Waals surface area (Å²) in [6.45, 7) is 4.34. The Labute approximate surface area is 208 Å². The number of amides is 1. The number of piperazine rings is 1. The van der Waals surface area contributed by atoms with E-state index < -0.39 is 10.0 Å². The van der Waals surface area contributed by atoms with Crippen LogP contribution in [0.5, 0.6) is 0 Å². The van der Waals surface area contributed by atoms with Gasteiger partial charge in [-0.25, -0.2) is 8.42 Å². The van der Waals surface area contributed by atoms with Gasteiger partial charge in [-0.1, -0.05) is 85.8 Å². The summed E-state index contributed by atoms with van der Waals surface area (Å²) in [6.07, 6.45) is 1.85. The highest BCUT2D eigenvalue weighted by Crippen LogP contribution is 2.30. The van der Waals surface area contributed by atoms with Gasteiger partial charge < -0.3 is 4.90 Å². The van der Waals surface area contributed by atoms with Crippen LogP contribution in [0.25, 0.3) is 0 Å². The molecule has 0 spiro atoms. The first kappa shape index (κ1) is 24.9. The van der Waals surface area contributed by atoms with Gasteiger partial charge >= 0.3 is 0 Å². The molecule has 0 N–H and O–H groups in total. The summed E-state index contributed by atoms with van der Waals surface area (Å²) in [5.74, 6) is -0.169. The zero-order valence-corrected chi connectivity index (χ0v) is 21.2. The van der Waals surface area contributed by atoms with E-state index in [1.165, 1.54) is 15.4 Å². The van der Waals surface area contributed by atoms with Crippen molar-refractivity contribution in [2.75, 3.05) is 43.3 Å². The minimum Gasteiger partial charge on any atom is -0.339 e. The first-order valence-electron chi connectivity index (χ1n) is 12.1. The quantitative estimate of drug-likeness (QED) is 0.479. The molecular weight excluding hydrogens is 458 g/mol. The number of benzene rings is 3. The Morgan fingerprint density at radius 1 is 0.829 bits per heavy atom. The molecule has 4 rings (SSSR count). The van der Waals surface area contributed by atoms with Gasteiger partial charge in [0.1, 0.15) is 6.54 Å². The lowest BCUT2D eigenvalue weighted by Gasteiger charge is -2.40. The Hall–Kier alpha value is -3.16. The van der Waals surface area contributed by atoms with E-state index in [1.54, 1.807) is 11.0 Å². The first-order valence-corrected chi connectivity index (χ1v) is 13.9. The molecule has 1 heterocycles. The number of carbonyl (C=O) groups is 1. The number of rotatable bonds is 8. The van der Waals surface area contributed by atoms with Crippen molar-refractivity contribution in [3.05, 3.63) is 102 Å². The molecule has 1 aliphatic heterocycles. The van der Waals surface area contributed by atoms with Gasteiger partial charge in [-0.05, 0) is 29.2 Å². The minimum absolute atomic E-state index is 0.110. The zero-order valence-electron chi connectivity index (χ0n) is 20.4. The standard InChI is InChI=1S/C28H33N3O3S/c1-3-23-12-10-11-17-26(23)31(35(2,33)34)22-27(32)29-18-20-30(21-19-29)28(24-13-6-4-7-14-24)25-15-8-5-9-16-25/h4-17,28H,3,18-22H2,1-2H3. The number of hydrogen-bond acceptors (Lipinski definition) is 4. The fourth-order valence-electron chi connectivity index (χ4n) is 4.77. The SMILES string of the molecule is CCc1ccccc1N(CC(=O)N1CCN(C(c2ccccc2)c2ccccc2)CC1)S(C)(=O)=O. The maximum absolute atomic E-state index is 13.2. The molecule has 184 valence electrons. The Bertz CT molecular complexity index is 1190. The summed E-state index contributed by atoms with van der Waals surface area (Å²) in [7, 11) is -3.61. The van der Waals surface area contributed by atoms with Crippen molar-refractivity contribution in [1.82, 2.24) is 9.80 Å². The van der Waals surface area contributed by atoms with Gasteiger partial charge in [0.2, 0.25) is 15.9 Å². The third-order valence-corrected chi connectivity index (χ3v) is 7.71. The van der Waals surface area contributed by atoms with E-state index in [1.807, 2.05) is 37.3 Å². The molecule has 1 aliphatic rings. The van der Waals surface area contributed by atoms with E-state index >= 15 is 0 Å². The number of anilines is 1. The molecule has 6 nitrogen and oxygen atoms in total. The molecule has 0 radical (unpaired) electrons. The summed E-state index contributed by atoms with van der Waals surface area (Å²) in [6, 6.07) is 28.3. The van der Waals surface area contributed by atoms with Gasteiger partial charge in [0.05, 0.1) is 18.0 Å². The predicted octanol–water partition coefficient (Wildman–Crippen LogP) is 3.95. The lowest BCUT2D eigenvalue weighted by atomic mass is 9.96. The summed E-state index contributed by atoms with van der Waals surface area (Å²) in [4.78, 5) is 17.4. The van der Waals surface area contributed by atoms with Gasteiger partial charge in [0, 0.05) is 26.2 Å². The third kappa shape index (κ3) is 5.92. The van der Waals surface area contributed by atoms with Crippen LogP contribution in [0.3, 0.4) is 0 Å². The average Bonchev–Trinajstić information content (AvgIpc) is 2.88. The van der Waals surface area contributed by atoms with Crippen molar-refractivity contribution in [2.45, 2.75) is 19.4 Å². The van der Waals surface area contributed by atoms with E-state index in [9.17, 15) is 13.2 Å². The lowest BCUT2D eigenvalue weighted by molar-refractivity contribution is -0.131. The highest BCUT2D eigenvalue weighted by molar-refractivity contribution is 7.92. The monoisotopic (exact) mass is 491 g/mol. The van der Waals surface area contributed by atoms with Crippen LogP contribution in [0.1, 0.15) is 29.7 Å². The highest BCUT2D eigenvalue weighted by atomic mass is 32.2. The van der Waals surface area contributed by atoms with Crippen LogP contribution in [0.4, 0.5) is 5.69 Å². The number of sulfonamides is 1. The molecule has 0 bridgehead atoms. The van der Waals surface area contributed by atoms with Crippen molar-refractivity contribution in [2.24, 2.45) is 0 Å². The molecule has 3 aromatic rings. The largest absolute Gasteiger partial charge is 0.339 e. The third-order valence-electron chi connectivity index (χ3n) is 6.58. The molecule has 1 amide bonds. The minimum atomic E-state index is -3.61. The highest BCUT2D eigenvalue weighted by Gasteiger charge is 2.30. The summed E-state index contributed by atoms with van der Waals surface area (Å²) >= 11 is 0. The summed E-state index contributed by atoms with van der Waals surface area (Å²) in [5.41, 5.74) is 3.93. The number of nitrogens with zero attached hydrogens (tertiary/aromatic N) is 3. The Balaban J connectivity index is 1.49. The van der Waals surface area contributed by atoms with E-state index in [4.69, 9.17) is 0 Å². The van der Waals surface area contributed by atoms with Crippen LogP contribution in [-0.4, -0.2) is 63.1 Å². The lowest BCUT2D eigenvalue weighted by Crippen LogP contribution is -2.52. The van der Waals surface area contributed by atoms with Crippen molar-refractivity contribution in [1.29, 1.82) is 0 Å². The van der Waals surface area contributed by atoms with Gasteiger partial charge in [0.25, 0.3) is 0 Å². The number of aryl methyl sites for hydroxylation is 1. The van der Waals surface area contributed by atoms with Crippen LogP contribution >= 0.6 is 0 Å². The smallest absolute Gasteiger partial charge is 0.243 e. The molecule has 0 aliphatic carbocycles. The van der Waals surface area contributed by atoms with Crippen molar-refractivity contribution in [3.8, 4) is 0 Å². The fraction of sp³-hybridized carbons (Fsp3) is 0.321. The van der Waals surface area contributed by atoms with Crippen LogP contribution in [0, 0.1) is 0 Å².